The second-order valence-electron chi connectivity index (χ2n) is 5.62. The van der Waals surface area contributed by atoms with Gasteiger partial charge < -0.3 is 9.80 Å². The van der Waals surface area contributed by atoms with Crippen LogP contribution >= 0.6 is 0 Å². The average molecular weight is 288 g/mol. The molecule has 2 rings (SSSR count). The molecule has 0 bridgehead atoms. The number of piperidine rings is 1. The highest BCUT2D eigenvalue weighted by Gasteiger charge is 2.20. The van der Waals surface area contributed by atoms with E-state index in [4.69, 9.17) is 0 Å². The highest BCUT2D eigenvalue weighted by Crippen LogP contribution is 2.10. The van der Waals surface area contributed by atoms with E-state index in [0.29, 0.717) is 6.54 Å². The number of nitrogens with zero attached hydrogens (tertiary/aromatic N) is 2. The molecule has 0 saturated carbocycles. The molecule has 114 valence electrons. The summed E-state index contributed by atoms with van der Waals surface area (Å²) in [6.45, 7) is 4.02. The number of amides is 2. The van der Waals surface area contributed by atoms with Crippen molar-refractivity contribution in [3.63, 3.8) is 0 Å². The molecule has 21 heavy (non-hydrogen) atoms. The lowest BCUT2D eigenvalue weighted by Crippen LogP contribution is -2.44. The van der Waals surface area contributed by atoms with Crippen molar-refractivity contribution >= 4 is 11.8 Å². The van der Waals surface area contributed by atoms with E-state index in [1.165, 1.54) is 18.9 Å². The molecule has 0 atom stereocenters. The number of carbonyl (C=O) groups excluding carboxylic acids is 2. The van der Waals surface area contributed by atoms with Crippen molar-refractivity contribution in [2.75, 3.05) is 26.2 Å². The summed E-state index contributed by atoms with van der Waals surface area (Å²) in [4.78, 5) is 27.5. The first kappa shape index (κ1) is 15.5. The van der Waals surface area contributed by atoms with Gasteiger partial charge in [0.2, 0.25) is 11.8 Å². The number of benzene rings is 1. The number of hydrogen-bond acceptors (Lipinski definition) is 2. The van der Waals surface area contributed by atoms with E-state index < -0.39 is 0 Å². The lowest BCUT2D eigenvalue weighted by molar-refractivity contribution is -0.140. The first-order chi connectivity index (χ1) is 10.2. The second kappa shape index (κ2) is 7.81. The molecule has 0 unspecified atom stereocenters. The van der Waals surface area contributed by atoms with Crippen molar-refractivity contribution in [2.45, 2.75) is 32.6 Å². The van der Waals surface area contributed by atoms with Crippen LogP contribution in [-0.2, 0) is 16.0 Å². The summed E-state index contributed by atoms with van der Waals surface area (Å²) in [5.74, 6) is 0.0502. The third kappa shape index (κ3) is 4.88. The highest BCUT2D eigenvalue weighted by atomic mass is 16.2. The maximum absolute atomic E-state index is 12.3. The van der Waals surface area contributed by atoms with Crippen molar-refractivity contribution < 1.29 is 9.59 Å². The zero-order valence-electron chi connectivity index (χ0n) is 12.8. The molecule has 0 aliphatic carbocycles. The van der Waals surface area contributed by atoms with Crippen LogP contribution in [0.4, 0.5) is 0 Å². The van der Waals surface area contributed by atoms with Gasteiger partial charge in [0.15, 0.2) is 0 Å². The highest BCUT2D eigenvalue weighted by molar-refractivity contribution is 5.83. The van der Waals surface area contributed by atoms with Gasteiger partial charge in [0.1, 0.15) is 0 Å². The van der Waals surface area contributed by atoms with E-state index in [-0.39, 0.29) is 18.4 Å². The third-order valence-electron chi connectivity index (χ3n) is 3.99. The molecule has 0 radical (unpaired) electrons. The molecule has 1 aliphatic heterocycles. The average Bonchev–Trinajstić information content (AvgIpc) is 2.52. The molecule has 4 heteroatoms. The number of carbonyl (C=O) groups is 2. The van der Waals surface area contributed by atoms with Gasteiger partial charge in [0.05, 0.1) is 6.54 Å². The lowest BCUT2D eigenvalue weighted by Gasteiger charge is -2.29. The van der Waals surface area contributed by atoms with Gasteiger partial charge >= 0.3 is 0 Å². The Morgan fingerprint density at radius 1 is 1.10 bits per heavy atom. The summed E-state index contributed by atoms with van der Waals surface area (Å²) in [6.07, 6.45) is 4.15. The Labute approximate surface area is 126 Å². The molecule has 4 nitrogen and oxygen atoms in total. The van der Waals surface area contributed by atoms with Gasteiger partial charge in [-0.3, -0.25) is 9.59 Å². The number of hydrogen-bond donors (Lipinski definition) is 0. The number of rotatable bonds is 5. The van der Waals surface area contributed by atoms with Crippen molar-refractivity contribution in [1.29, 1.82) is 0 Å². The normalized spacial score (nSPS) is 14.8. The Hall–Kier alpha value is -1.84. The Balaban J connectivity index is 1.86. The van der Waals surface area contributed by atoms with Gasteiger partial charge in [-0.25, -0.2) is 0 Å². The quantitative estimate of drug-likeness (QED) is 0.832. The van der Waals surface area contributed by atoms with Gasteiger partial charge in [0.25, 0.3) is 0 Å². The Kier molecular flexibility index (Phi) is 5.78. The zero-order valence-corrected chi connectivity index (χ0v) is 12.8. The molecule has 1 saturated heterocycles. The minimum Gasteiger partial charge on any atom is -0.341 e. The summed E-state index contributed by atoms with van der Waals surface area (Å²) in [5.41, 5.74) is 1.19. The number of likely N-dealkylation sites (tertiary alicyclic amines) is 1. The Morgan fingerprint density at radius 2 is 1.76 bits per heavy atom. The first-order valence-electron chi connectivity index (χ1n) is 7.74. The van der Waals surface area contributed by atoms with Crippen molar-refractivity contribution in [2.24, 2.45) is 0 Å². The van der Waals surface area contributed by atoms with Crippen LogP contribution in [0.25, 0.3) is 0 Å². The second-order valence-corrected chi connectivity index (χ2v) is 5.62. The monoisotopic (exact) mass is 288 g/mol. The maximum Gasteiger partial charge on any atom is 0.242 e. The van der Waals surface area contributed by atoms with Crippen LogP contribution in [-0.4, -0.2) is 47.8 Å². The standard InChI is InChI=1S/C17H24N2O2/c1-15(20)19(13-10-16-8-4-2-5-9-16)14-17(21)18-11-6-3-7-12-18/h2,4-5,8-9H,3,6-7,10-14H2,1H3. The Morgan fingerprint density at radius 3 is 2.38 bits per heavy atom. The van der Waals surface area contributed by atoms with Gasteiger partial charge in [-0.15, -0.1) is 0 Å². The first-order valence-corrected chi connectivity index (χ1v) is 7.74. The maximum atomic E-state index is 12.3. The van der Waals surface area contributed by atoms with Crippen LogP contribution in [0.5, 0.6) is 0 Å². The summed E-state index contributed by atoms with van der Waals surface area (Å²) in [6, 6.07) is 10.1. The van der Waals surface area contributed by atoms with Crippen LogP contribution in [0.15, 0.2) is 30.3 Å². The molecule has 1 heterocycles. The smallest absolute Gasteiger partial charge is 0.242 e. The summed E-state index contributed by atoms with van der Waals surface area (Å²) in [5, 5.41) is 0. The van der Waals surface area contributed by atoms with Crippen LogP contribution in [0.3, 0.4) is 0 Å². The van der Waals surface area contributed by atoms with E-state index in [1.54, 1.807) is 4.90 Å². The summed E-state index contributed by atoms with van der Waals surface area (Å²) >= 11 is 0. The van der Waals surface area contributed by atoms with Crippen molar-refractivity contribution in [3.8, 4) is 0 Å². The van der Waals surface area contributed by atoms with Crippen molar-refractivity contribution in [3.05, 3.63) is 35.9 Å². The van der Waals surface area contributed by atoms with Crippen LogP contribution in [0.2, 0.25) is 0 Å². The molecule has 0 spiro atoms. The fourth-order valence-corrected chi connectivity index (χ4v) is 2.66. The van der Waals surface area contributed by atoms with E-state index in [2.05, 4.69) is 0 Å². The van der Waals surface area contributed by atoms with Crippen LogP contribution in [0, 0.1) is 0 Å². The van der Waals surface area contributed by atoms with Gasteiger partial charge in [0, 0.05) is 26.6 Å². The SMILES string of the molecule is CC(=O)N(CCc1ccccc1)CC(=O)N1CCCCC1. The molecule has 2 amide bonds. The third-order valence-corrected chi connectivity index (χ3v) is 3.99. The Bertz CT molecular complexity index is 467. The molecular formula is C17H24N2O2. The fraction of sp³-hybridized carbons (Fsp3) is 0.529. The van der Waals surface area contributed by atoms with Crippen molar-refractivity contribution in [1.82, 2.24) is 9.80 Å². The topological polar surface area (TPSA) is 40.6 Å². The van der Waals surface area contributed by atoms with E-state index in [9.17, 15) is 9.59 Å². The molecule has 0 N–H and O–H groups in total. The predicted octanol–water partition coefficient (Wildman–Crippen LogP) is 2.09. The molecule has 1 aromatic rings. The van der Waals surface area contributed by atoms with Crippen LogP contribution in [0.1, 0.15) is 31.7 Å². The zero-order chi connectivity index (χ0) is 15.1. The minimum absolute atomic E-state index is 0.0312. The summed E-state index contributed by atoms with van der Waals surface area (Å²) < 4.78 is 0. The van der Waals surface area contributed by atoms with E-state index in [0.717, 1.165) is 32.4 Å². The molecular weight excluding hydrogens is 264 g/mol. The molecule has 1 fully saturated rings. The molecule has 1 aromatic carbocycles. The largest absolute Gasteiger partial charge is 0.341 e. The van der Waals surface area contributed by atoms with E-state index >= 15 is 0 Å². The van der Waals surface area contributed by atoms with Crippen LogP contribution < -0.4 is 0 Å². The van der Waals surface area contributed by atoms with Gasteiger partial charge in [-0.05, 0) is 31.2 Å². The lowest BCUT2D eigenvalue weighted by atomic mass is 10.1. The minimum atomic E-state index is -0.0312. The van der Waals surface area contributed by atoms with Gasteiger partial charge in [-0.1, -0.05) is 30.3 Å². The molecule has 1 aliphatic rings. The molecule has 0 aromatic heterocycles. The van der Waals surface area contributed by atoms with E-state index in [1.807, 2.05) is 35.2 Å². The predicted molar refractivity (Wildman–Crippen MR) is 82.8 cm³/mol. The summed E-state index contributed by atoms with van der Waals surface area (Å²) in [7, 11) is 0. The fourth-order valence-electron chi connectivity index (χ4n) is 2.66. The van der Waals surface area contributed by atoms with Gasteiger partial charge in [-0.2, -0.15) is 0 Å².